The van der Waals surface area contributed by atoms with E-state index in [1.54, 1.807) is 0 Å². The van der Waals surface area contributed by atoms with Crippen LogP contribution in [0, 0.1) is 0 Å². The molecular formula is C14H24F3N3O3S. The van der Waals surface area contributed by atoms with Gasteiger partial charge in [0.1, 0.15) is 11.8 Å². The van der Waals surface area contributed by atoms with Crippen LogP contribution in [0.4, 0.5) is 13.2 Å². The highest BCUT2D eigenvalue weighted by atomic mass is 32.2. The molecule has 24 heavy (non-hydrogen) atoms. The van der Waals surface area contributed by atoms with Gasteiger partial charge in [-0.2, -0.15) is 13.2 Å². The Kier molecular flexibility index (Phi) is 6.49. The first kappa shape index (κ1) is 19.5. The van der Waals surface area contributed by atoms with E-state index in [0.29, 0.717) is 25.9 Å². The molecule has 1 heterocycles. The minimum Gasteiger partial charge on any atom is -0.353 e. The van der Waals surface area contributed by atoms with Crippen LogP contribution in [0.15, 0.2) is 0 Å². The number of sulfone groups is 1. The average molecular weight is 371 g/mol. The molecule has 1 aliphatic carbocycles. The number of carbonyl (C=O) groups is 1. The molecule has 2 N–H and O–H groups in total. The zero-order chi connectivity index (χ0) is 17.8. The normalized spacial score (nSPS) is 22.5. The van der Waals surface area contributed by atoms with Crippen molar-refractivity contribution in [1.29, 1.82) is 0 Å². The Labute approximate surface area is 140 Å². The van der Waals surface area contributed by atoms with Gasteiger partial charge < -0.3 is 10.6 Å². The van der Waals surface area contributed by atoms with Gasteiger partial charge in [0, 0.05) is 32.7 Å². The molecule has 6 nitrogen and oxygen atoms in total. The maximum Gasteiger partial charge on any atom is 0.405 e. The van der Waals surface area contributed by atoms with Crippen molar-refractivity contribution >= 4 is 15.7 Å². The van der Waals surface area contributed by atoms with E-state index < -0.39 is 45.5 Å². The largest absolute Gasteiger partial charge is 0.405 e. The monoisotopic (exact) mass is 371 g/mol. The summed E-state index contributed by atoms with van der Waals surface area (Å²) in [5.41, 5.74) is 0. The molecule has 2 fully saturated rings. The summed E-state index contributed by atoms with van der Waals surface area (Å²) in [6.45, 7) is 0.760. The molecule has 2 aliphatic rings. The van der Waals surface area contributed by atoms with Crippen LogP contribution >= 0.6 is 0 Å². The number of piperazine rings is 1. The third kappa shape index (κ3) is 5.32. The third-order valence-electron chi connectivity index (χ3n) is 4.61. The second-order valence-corrected chi connectivity index (χ2v) is 8.64. The van der Waals surface area contributed by atoms with Gasteiger partial charge in [0.25, 0.3) is 0 Å². The average Bonchev–Trinajstić information content (AvgIpc) is 3.01. The summed E-state index contributed by atoms with van der Waals surface area (Å²) in [7, 11) is -3.58. The highest BCUT2D eigenvalue weighted by molar-refractivity contribution is 7.92. The summed E-state index contributed by atoms with van der Waals surface area (Å²) in [5.74, 6) is -1.59. The van der Waals surface area contributed by atoms with Crippen molar-refractivity contribution in [3.63, 3.8) is 0 Å². The van der Waals surface area contributed by atoms with Crippen molar-refractivity contribution in [2.45, 2.75) is 43.2 Å². The van der Waals surface area contributed by atoms with E-state index >= 15 is 0 Å². The smallest absolute Gasteiger partial charge is 0.353 e. The molecule has 0 radical (unpaired) electrons. The minimum absolute atomic E-state index is 0.237. The highest BCUT2D eigenvalue weighted by Crippen LogP contribution is 2.26. The van der Waals surface area contributed by atoms with Crippen LogP contribution in [-0.2, 0) is 14.6 Å². The predicted molar refractivity (Wildman–Crippen MR) is 83.3 cm³/mol. The second-order valence-electron chi connectivity index (χ2n) is 6.36. The fourth-order valence-electron chi connectivity index (χ4n) is 3.26. The molecule has 2 rings (SSSR count). The summed E-state index contributed by atoms with van der Waals surface area (Å²) in [4.78, 5) is 13.1. The van der Waals surface area contributed by atoms with Gasteiger partial charge in [-0.05, 0) is 12.8 Å². The maximum atomic E-state index is 13.2. The number of hydrogen-bond donors (Lipinski definition) is 2. The first-order valence-corrected chi connectivity index (χ1v) is 9.91. The highest BCUT2D eigenvalue weighted by Gasteiger charge is 2.44. The molecule has 1 amide bonds. The van der Waals surface area contributed by atoms with Gasteiger partial charge >= 0.3 is 6.18 Å². The zero-order valence-electron chi connectivity index (χ0n) is 13.4. The number of amides is 1. The number of halogens is 3. The lowest BCUT2D eigenvalue weighted by Gasteiger charge is -2.35. The van der Waals surface area contributed by atoms with Crippen molar-refractivity contribution in [2.75, 3.05) is 38.5 Å². The number of nitrogens with one attached hydrogen (secondary N) is 2. The van der Waals surface area contributed by atoms with E-state index in [1.165, 1.54) is 4.90 Å². The molecule has 140 valence electrons. The van der Waals surface area contributed by atoms with E-state index in [0.717, 1.165) is 12.8 Å². The van der Waals surface area contributed by atoms with Gasteiger partial charge in [0.15, 0.2) is 9.84 Å². The van der Waals surface area contributed by atoms with Gasteiger partial charge in [-0.15, -0.1) is 0 Å². The second kappa shape index (κ2) is 8.01. The zero-order valence-corrected chi connectivity index (χ0v) is 14.3. The van der Waals surface area contributed by atoms with E-state index in [1.807, 2.05) is 0 Å². The van der Waals surface area contributed by atoms with Gasteiger partial charge in [-0.3, -0.25) is 9.69 Å². The molecular weight excluding hydrogens is 347 g/mol. The van der Waals surface area contributed by atoms with Gasteiger partial charge in [0.05, 0.1) is 5.25 Å². The summed E-state index contributed by atoms with van der Waals surface area (Å²) in [6.07, 6.45) is -1.80. The van der Waals surface area contributed by atoms with E-state index in [4.69, 9.17) is 0 Å². The lowest BCUT2D eigenvalue weighted by atomic mass is 10.2. The quantitative estimate of drug-likeness (QED) is 0.702. The standard InChI is InChI=1S/C14H24F3N3O3S/c15-14(16,17)12(20-7-5-18-6-8-20)9-19-13(21)10-24(22,23)11-3-1-2-4-11/h11-12,18H,1-10H2,(H,19,21). The fourth-order valence-corrected chi connectivity index (χ4v) is 5.01. The van der Waals surface area contributed by atoms with Crippen LogP contribution in [0.1, 0.15) is 25.7 Å². The lowest BCUT2D eigenvalue weighted by molar-refractivity contribution is -0.183. The molecule has 0 spiro atoms. The van der Waals surface area contributed by atoms with Crippen molar-refractivity contribution in [2.24, 2.45) is 0 Å². The van der Waals surface area contributed by atoms with E-state index in [9.17, 15) is 26.4 Å². The number of alkyl halides is 3. The van der Waals surface area contributed by atoms with Gasteiger partial charge in [-0.1, -0.05) is 12.8 Å². The molecule has 1 saturated heterocycles. The van der Waals surface area contributed by atoms with Crippen LogP contribution in [0.3, 0.4) is 0 Å². The Morgan fingerprint density at radius 2 is 1.79 bits per heavy atom. The fraction of sp³-hybridized carbons (Fsp3) is 0.929. The van der Waals surface area contributed by atoms with Crippen LogP contribution in [0.5, 0.6) is 0 Å². The van der Waals surface area contributed by atoms with Crippen LogP contribution in [0.2, 0.25) is 0 Å². The number of nitrogens with zero attached hydrogens (tertiary/aromatic N) is 1. The van der Waals surface area contributed by atoms with Crippen LogP contribution in [0.25, 0.3) is 0 Å². The molecule has 0 aromatic rings. The van der Waals surface area contributed by atoms with Crippen LogP contribution in [-0.4, -0.2) is 75.2 Å². The molecule has 1 atom stereocenters. The van der Waals surface area contributed by atoms with Crippen LogP contribution < -0.4 is 10.6 Å². The first-order valence-electron chi connectivity index (χ1n) is 8.20. The van der Waals surface area contributed by atoms with Crippen molar-refractivity contribution in [3.8, 4) is 0 Å². The molecule has 10 heteroatoms. The predicted octanol–water partition coefficient (Wildman–Crippen LogP) is 0.296. The topological polar surface area (TPSA) is 78.5 Å². The molecule has 0 aromatic heterocycles. The van der Waals surface area contributed by atoms with E-state index in [-0.39, 0.29) is 13.1 Å². The number of hydrogen-bond acceptors (Lipinski definition) is 5. The minimum atomic E-state index is -4.48. The van der Waals surface area contributed by atoms with Crippen molar-refractivity contribution in [1.82, 2.24) is 15.5 Å². The Morgan fingerprint density at radius 1 is 1.21 bits per heavy atom. The summed E-state index contributed by atoms with van der Waals surface area (Å²) >= 11 is 0. The molecule has 0 bridgehead atoms. The summed E-state index contributed by atoms with van der Waals surface area (Å²) in [6, 6.07) is -1.79. The van der Waals surface area contributed by atoms with Crippen molar-refractivity contribution < 1.29 is 26.4 Å². The molecule has 1 aliphatic heterocycles. The maximum absolute atomic E-state index is 13.2. The van der Waals surface area contributed by atoms with Gasteiger partial charge in [-0.25, -0.2) is 8.42 Å². The summed E-state index contributed by atoms with van der Waals surface area (Å²) < 4.78 is 63.8. The Balaban J connectivity index is 1.89. The molecule has 1 unspecified atom stereocenters. The number of rotatable bonds is 6. The Morgan fingerprint density at radius 3 is 2.33 bits per heavy atom. The Hall–Kier alpha value is -0.870. The molecule has 1 saturated carbocycles. The van der Waals surface area contributed by atoms with Crippen molar-refractivity contribution in [3.05, 3.63) is 0 Å². The number of carbonyl (C=O) groups excluding carboxylic acids is 1. The summed E-state index contributed by atoms with van der Waals surface area (Å²) in [5, 5.41) is 4.61. The third-order valence-corrected chi connectivity index (χ3v) is 6.76. The molecule has 0 aromatic carbocycles. The van der Waals surface area contributed by atoms with E-state index in [2.05, 4.69) is 10.6 Å². The first-order chi connectivity index (χ1) is 11.2. The Bertz CT molecular complexity index is 527. The lowest BCUT2D eigenvalue weighted by Crippen LogP contribution is -2.57. The SMILES string of the molecule is O=C(CS(=O)(=O)C1CCCC1)NCC(N1CCNCC1)C(F)(F)F. The van der Waals surface area contributed by atoms with Gasteiger partial charge in [0.2, 0.25) is 5.91 Å².